The Morgan fingerprint density at radius 1 is 1.29 bits per heavy atom. The first-order valence-electron chi connectivity index (χ1n) is 6.00. The number of nitrogens with one attached hydrogen (secondary N) is 2. The van der Waals surface area contributed by atoms with Crippen LogP contribution in [0.15, 0.2) is 17.2 Å². The number of sulfonamides is 1. The zero-order valence-corrected chi connectivity index (χ0v) is 12.5. The van der Waals surface area contributed by atoms with Crippen LogP contribution < -0.4 is 10.0 Å². The van der Waals surface area contributed by atoms with Crippen LogP contribution in [0.1, 0.15) is 10.5 Å². The van der Waals surface area contributed by atoms with Gasteiger partial charge >= 0.3 is 0 Å². The predicted octanol–water partition coefficient (Wildman–Crippen LogP) is -2.62. The van der Waals surface area contributed by atoms with Gasteiger partial charge in [0, 0.05) is 13.2 Å². The van der Waals surface area contributed by atoms with Gasteiger partial charge in [-0.15, -0.1) is 0 Å². The third-order valence-corrected chi connectivity index (χ3v) is 4.46. The van der Waals surface area contributed by atoms with Crippen molar-refractivity contribution in [3.63, 3.8) is 0 Å². The Balaban J connectivity index is 3.10. The van der Waals surface area contributed by atoms with Crippen LogP contribution in [0, 0.1) is 0 Å². The number of aliphatic hydroxyl groups excluding tert-OH is 3. The van der Waals surface area contributed by atoms with Crippen molar-refractivity contribution in [3.8, 4) is 0 Å². The van der Waals surface area contributed by atoms with Crippen molar-refractivity contribution in [1.82, 2.24) is 14.6 Å². The molecule has 1 rings (SSSR count). The number of nitrogens with zero attached hydrogens (tertiary/aromatic N) is 1. The molecule has 120 valence electrons. The third kappa shape index (κ3) is 3.60. The monoisotopic (exact) mass is 321 g/mol. The summed E-state index contributed by atoms with van der Waals surface area (Å²) in [4.78, 5) is 12.0. The number of hydrogen-bond acceptors (Lipinski definition) is 6. The van der Waals surface area contributed by atoms with E-state index in [-0.39, 0.29) is 10.6 Å². The number of aryl methyl sites for hydroxylation is 1. The van der Waals surface area contributed by atoms with E-state index in [0.29, 0.717) is 0 Å². The normalized spacial score (nSPS) is 12.4. The van der Waals surface area contributed by atoms with Crippen LogP contribution in [0.5, 0.6) is 0 Å². The van der Waals surface area contributed by atoms with Crippen molar-refractivity contribution in [3.05, 3.63) is 18.0 Å². The van der Waals surface area contributed by atoms with Crippen molar-refractivity contribution in [2.24, 2.45) is 7.05 Å². The zero-order chi connectivity index (χ0) is 16.3. The standard InChI is InChI=1S/C11H19N3O6S/c1-12-21(19,20)8-3-9(14(2)4-8)10(18)13-11(5-15,6-16)7-17/h3-4,12,15-17H,5-7H2,1-2H3,(H,13,18). The molecule has 0 fully saturated rings. The molecule has 9 nitrogen and oxygen atoms in total. The summed E-state index contributed by atoms with van der Waals surface area (Å²) in [7, 11) is -0.972. The Bertz CT molecular complexity index is 597. The highest BCUT2D eigenvalue weighted by Crippen LogP contribution is 2.14. The maximum absolute atomic E-state index is 12.1. The van der Waals surface area contributed by atoms with E-state index in [1.807, 2.05) is 0 Å². The first kappa shape index (κ1) is 17.6. The molecule has 0 saturated heterocycles. The Kier molecular flexibility index (Phi) is 5.48. The van der Waals surface area contributed by atoms with E-state index < -0.39 is 41.3 Å². The number of amides is 1. The van der Waals surface area contributed by atoms with Crippen molar-refractivity contribution >= 4 is 15.9 Å². The number of carbonyl (C=O) groups excluding carboxylic acids is 1. The lowest BCUT2D eigenvalue weighted by molar-refractivity contribution is 0.0371. The quantitative estimate of drug-likeness (QED) is 0.372. The van der Waals surface area contributed by atoms with Crippen LogP contribution in [-0.2, 0) is 17.1 Å². The van der Waals surface area contributed by atoms with Gasteiger partial charge in [0.1, 0.15) is 16.1 Å². The summed E-state index contributed by atoms with van der Waals surface area (Å²) in [5.41, 5.74) is -1.58. The summed E-state index contributed by atoms with van der Waals surface area (Å²) in [5, 5.41) is 29.8. The molecular weight excluding hydrogens is 302 g/mol. The van der Waals surface area contributed by atoms with E-state index in [1.165, 1.54) is 24.9 Å². The second-order valence-corrected chi connectivity index (χ2v) is 6.47. The van der Waals surface area contributed by atoms with Gasteiger partial charge in [-0.05, 0) is 13.1 Å². The molecular formula is C11H19N3O6S. The first-order valence-corrected chi connectivity index (χ1v) is 7.48. The minimum atomic E-state index is -3.69. The van der Waals surface area contributed by atoms with Crippen LogP contribution in [0.4, 0.5) is 0 Å². The Morgan fingerprint density at radius 3 is 2.24 bits per heavy atom. The SMILES string of the molecule is CNS(=O)(=O)c1cc(C(=O)NC(CO)(CO)CO)n(C)c1. The van der Waals surface area contributed by atoms with Crippen LogP contribution in [0.25, 0.3) is 0 Å². The lowest BCUT2D eigenvalue weighted by Crippen LogP contribution is -2.57. The molecule has 0 atom stereocenters. The summed E-state index contributed by atoms with van der Waals surface area (Å²) in [6, 6.07) is 1.15. The Morgan fingerprint density at radius 2 is 1.81 bits per heavy atom. The Hall–Kier alpha value is -1.46. The van der Waals surface area contributed by atoms with E-state index in [0.717, 1.165) is 6.07 Å². The zero-order valence-electron chi connectivity index (χ0n) is 11.7. The van der Waals surface area contributed by atoms with E-state index >= 15 is 0 Å². The third-order valence-electron chi connectivity index (χ3n) is 3.08. The molecule has 0 spiro atoms. The number of rotatable bonds is 7. The molecule has 0 aliphatic carbocycles. The van der Waals surface area contributed by atoms with Gasteiger partial charge in [-0.25, -0.2) is 13.1 Å². The van der Waals surface area contributed by atoms with E-state index in [4.69, 9.17) is 15.3 Å². The van der Waals surface area contributed by atoms with Crippen molar-refractivity contribution in [2.45, 2.75) is 10.4 Å². The molecule has 0 aliphatic rings. The molecule has 1 heterocycles. The van der Waals surface area contributed by atoms with Gasteiger partial charge in [-0.1, -0.05) is 0 Å². The van der Waals surface area contributed by atoms with Crippen LogP contribution in [-0.4, -0.2) is 66.6 Å². The molecule has 21 heavy (non-hydrogen) atoms. The van der Waals surface area contributed by atoms with E-state index in [1.54, 1.807) is 0 Å². The molecule has 0 saturated carbocycles. The molecule has 1 aromatic rings. The molecule has 10 heteroatoms. The van der Waals surface area contributed by atoms with E-state index in [2.05, 4.69) is 10.0 Å². The number of hydrogen-bond donors (Lipinski definition) is 5. The fourth-order valence-corrected chi connectivity index (χ4v) is 2.40. The summed E-state index contributed by atoms with van der Waals surface area (Å²) in [5.74, 6) is -0.729. The van der Waals surface area contributed by atoms with Crippen molar-refractivity contribution < 1.29 is 28.5 Å². The summed E-state index contributed by atoms with van der Waals surface area (Å²) in [6.07, 6.45) is 1.25. The molecule has 1 aromatic heterocycles. The van der Waals surface area contributed by atoms with Crippen LogP contribution in [0.3, 0.4) is 0 Å². The Labute approximate surface area is 122 Å². The molecule has 0 radical (unpaired) electrons. The van der Waals surface area contributed by atoms with Gasteiger partial charge < -0.3 is 25.2 Å². The van der Waals surface area contributed by atoms with Gasteiger partial charge in [0.25, 0.3) is 5.91 Å². The second-order valence-electron chi connectivity index (χ2n) is 4.59. The van der Waals surface area contributed by atoms with Gasteiger partial charge in [0.05, 0.1) is 19.8 Å². The van der Waals surface area contributed by atoms with Gasteiger partial charge in [0.15, 0.2) is 0 Å². The highest BCUT2D eigenvalue weighted by molar-refractivity contribution is 7.89. The van der Waals surface area contributed by atoms with Crippen molar-refractivity contribution in [2.75, 3.05) is 26.9 Å². The second kappa shape index (κ2) is 6.54. The van der Waals surface area contributed by atoms with Crippen LogP contribution >= 0.6 is 0 Å². The van der Waals surface area contributed by atoms with Crippen LogP contribution in [0.2, 0.25) is 0 Å². The molecule has 0 aromatic carbocycles. The fourth-order valence-electron chi connectivity index (χ4n) is 1.60. The van der Waals surface area contributed by atoms with E-state index in [9.17, 15) is 13.2 Å². The lowest BCUT2D eigenvalue weighted by atomic mass is 10.0. The number of aromatic nitrogens is 1. The number of aliphatic hydroxyl groups is 3. The largest absolute Gasteiger partial charge is 0.394 e. The fraction of sp³-hybridized carbons (Fsp3) is 0.545. The first-order chi connectivity index (χ1) is 9.75. The average molecular weight is 321 g/mol. The summed E-state index contributed by atoms with van der Waals surface area (Å²) in [6.45, 7) is -2.01. The molecule has 0 bridgehead atoms. The smallest absolute Gasteiger partial charge is 0.268 e. The summed E-state index contributed by atoms with van der Waals surface area (Å²) < 4.78 is 26.7. The van der Waals surface area contributed by atoms with Gasteiger partial charge in [-0.3, -0.25) is 4.79 Å². The molecule has 1 amide bonds. The topological polar surface area (TPSA) is 141 Å². The molecule has 5 N–H and O–H groups in total. The maximum atomic E-state index is 12.1. The predicted molar refractivity (Wildman–Crippen MR) is 73.1 cm³/mol. The minimum absolute atomic E-state index is 0.00329. The highest BCUT2D eigenvalue weighted by Gasteiger charge is 2.31. The molecule has 0 aliphatic heterocycles. The van der Waals surface area contributed by atoms with Gasteiger partial charge in [0.2, 0.25) is 10.0 Å². The average Bonchev–Trinajstić information content (AvgIpc) is 2.87. The lowest BCUT2D eigenvalue weighted by Gasteiger charge is -2.28. The minimum Gasteiger partial charge on any atom is -0.394 e. The van der Waals surface area contributed by atoms with Gasteiger partial charge in [-0.2, -0.15) is 0 Å². The van der Waals surface area contributed by atoms with Crippen molar-refractivity contribution in [1.29, 1.82) is 0 Å². The number of carbonyl (C=O) groups is 1. The maximum Gasteiger partial charge on any atom is 0.268 e. The highest BCUT2D eigenvalue weighted by atomic mass is 32.2. The molecule has 0 unspecified atom stereocenters. The summed E-state index contributed by atoms with van der Waals surface area (Å²) >= 11 is 0.